The fourth-order valence-electron chi connectivity index (χ4n) is 9.12. The number of nitrogens with zero attached hydrogens (tertiary/aromatic N) is 2. The van der Waals surface area contributed by atoms with Gasteiger partial charge in [-0.3, -0.25) is 9.52 Å². The predicted molar refractivity (Wildman–Crippen MR) is 198 cm³/mol. The van der Waals surface area contributed by atoms with E-state index < -0.39 is 9.71 Å². The number of amides is 1. The second-order valence-electron chi connectivity index (χ2n) is 15.9. The molecule has 0 radical (unpaired) electrons. The molecule has 8 nitrogen and oxygen atoms in total. The Labute approximate surface area is 298 Å². The summed E-state index contributed by atoms with van der Waals surface area (Å²) in [4.78, 5) is 18.4. The summed E-state index contributed by atoms with van der Waals surface area (Å²) in [6.07, 6.45) is 8.05. The van der Waals surface area contributed by atoms with E-state index in [0.717, 1.165) is 80.9 Å². The first-order valence-corrected chi connectivity index (χ1v) is 20.5. The zero-order valence-corrected chi connectivity index (χ0v) is 31.2. The van der Waals surface area contributed by atoms with Crippen LogP contribution < -0.4 is 14.4 Å². The number of halogens is 1. The van der Waals surface area contributed by atoms with Crippen LogP contribution in [0.3, 0.4) is 0 Å². The van der Waals surface area contributed by atoms with E-state index in [1.54, 1.807) is 6.07 Å². The lowest BCUT2D eigenvalue weighted by Crippen LogP contribution is -2.52. The molecule has 2 bridgehead atoms. The van der Waals surface area contributed by atoms with Gasteiger partial charge in [-0.1, -0.05) is 31.0 Å². The van der Waals surface area contributed by atoms with Crippen molar-refractivity contribution in [2.45, 2.75) is 88.2 Å². The molecule has 2 fully saturated rings. The van der Waals surface area contributed by atoms with Gasteiger partial charge < -0.3 is 24.0 Å². The Bertz CT molecular complexity index is 1640. The van der Waals surface area contributed by atoms with E-state index in [9.17, 15) is 9.00 Å². The third kappa shape index (κ3) is 6.99. The summed E-state index contributed by atoms with van der Waals surface area (Å²) in [5.74, 6) is 5.83. The highest BCUT2D eigenvalue weighted by molar-refractivity contribution is 7.99. The third-order valence-corrected chi connectivity index (χ3v) is 15.1. The number of nitrogens with one attached hydrogen (secondary N) is 1. The molecule has 1 N–H and O–H groups in total. The van der Waals surface area contributed by atoms with Crippen LogP contribution in [-0.4, -0.2) is 85.5 Å². The average Bonchev–Trinajstić information content (AvgIpc) is 3.21. The molecule has 49 heavy (non-hydrogen) atoms. The lowest BCUT2D eigenvalue weighted by molar-refractivity contribution is -0.240. The molecule has 0 aromatic heterocycles. The van der Waals surface area contributed by atoms with E-state index in [4.69, 9.17) is 25.8 Å². The smallest absolute Gasteiger partial charge is 0.262 e. The minimum atomic E-state index is -2.90. The van der Waals surface area contributed by atoms with Crippen molar-refractivity contribution < 1.29 is 23.2 Å². The standard InChI is InChI=1S/C39H54ClN3O5S/c1-25-8-6-10-33(38-46-21-31(22-47-38)42(3)4)32-14-11-29(32)20-43-23-39(17-7-9-27-18-30(40)13-15-34(27)39)24-48-36-16-12-28(19-35(36)43)37(44)41-49(5,45)26(25)2/h12-13,15-16,18-19,25-26,29,31-33,38H,5-11,14,17,20-24H2,1-4H3,(H,41,44,45)/t25-,26+,29-,31?,32+,33-,38?,39-,49?/m0/s1. The molecule has 2 aromatic rings. The Hall–Kier alpha value is -2.30. The lowest BCUT2D eigenvalue weighted by Gasteiger charge is -2.49. The highest BCUT2D eigenvalue weighted by Gasteiger charge is 2.46. The monoisotopic (exact) mass is 711 g/mol. The fraction of sp³-hybridized carbons (Fsp3) is 0.641. The Balaban J connectivity index is 1.26. The molecule has 2 aliphatic carbocycles. The molecule has 268 valence electrons. The number of aryl methyl sites for hydroxylation is 1. The molecule has 5 aliphatic rings. The van der Waals surface area contributed by atoms with Crippen LogP contribution in [0.5, 0.6) is 5.75 Å². The Morgan fingerprint density at radius 3 is 2.55 bits per heavy atom. The highest BCUT2D eigenvalue weighted by Crippen LogP contribution is 2.49. The van der Waals surface area contributed by atoms with Crippen molar-refractivity contribution in [3.63, 3.8) is 0 Å². The summed E-state index contributed by atoms with van der Waals surface area (Å²) in [5.41, 5.74) is 3.83. The van der Waals surface area contributed by atoms with E-state index in [0.29, 0.717) is 37.2 Å². The number of hydrogen-bond acceptors (Lipinski definition) is 7. The van der Waals surface area contributed by atoms with Crippen molar-refractivity contribution in [3.8, 4) is 5.75 Å². The van der Waals surface area contributed by atoms with Crippen LogP contribution in [0, 0.1) is 23.7 Å². The van der Waals surface area contributed by atoms with Crippen molar-refractivity contribution in [1.82, 2.24) is 9.62 Å². The van der Waals surface area contributed by atoms with Crippen LogP contribution in [0.4, 0.5) is 5.69 Å². The molecule has 1 amide bonds. The maximum absolute atomic E-state index is 13.9. The van der Waals surface area contributed by atoms with Crippen LogP contribution in [0.15, 0.2) is 36.4 Å². The zero-order valence-electron chi connectivity index (χ0n) is 29.6. The summed E-state index contributed by atoms with van der Waals surface area (Å²) in [6, 6.07) is 12.3. The van der Waals surface area contributed by atoms with Crippen LogP contribution in [0.1, 0.15) is 80.3 Å². The van der Waals surface area contributed by atoms with Gasteiger partial charge >= 0.3 is 0 Å². The Kier molecular flexibility index (Phi) is 10.0. The van der Waals surface area contributed by atoms with E-state index in [2.05, 4.69) is 53.5 Å². The molecule has 7 rings (SSSR count). The van der Waals surface area contributed by atoms with Crippen molar-refractivity contribution >= 4 is 38.8 Å². The minimum Gasteiger partial charge on any atom is -0.490 e. The van der Waals surface area contributed by atoms with Crippen LogP contribution in [0.25, 0.3) is 0 Å². The lowest BCUT2D eigenvalue weighted by atomic mass is 9.64. The normalized spacial score (nSPS) is 36.9. The van der Waals surface area contributed by atoms with Gasteiger partial charge in [-0.15, -0.1) is 0 Å². The number of rotatable bonds is 2. The summed E-state index contributed by atoms with van der Waals surface area (Å²) < 4.78 is 36.5. The number of hydrogen-bond donors (Lipinski definition) is 1. The van der Waals surface area contributed by atoms with Gasteiger partial charge in [0.2, 0.25) is 0 Å². The van der Waals surface area contributed by atoms with Gasteiger partial charge in [-0.05, 0) is 131 Å². The molecule has 3 aliphatic heterocycles. The van der Waals surface area contributed by atoms with Gasteiger partial charge in [0, 0.05) is 40.3 Å². The van der Waals surface area contributed by atoms with Gasteiger partial charge in [-0.25, -0.2) is 4.21 Å². The highest BCUT2D eigenvalue weighted by atomic mass is 35.5. The first-order valence-electron chi connectivity index (χ1n) is 18.3. The summed E-state index contributed by atoms with van der Waals surface area (Å²) in [5, 5.41) is 0.495. The molecule has 1 saturated heterocycles. The van der Waals surface area contributed by atoms with Crippen molar-refractivity contribution in [3.05, 3.63) is 58.1 Å². The number of carbonyl (C=O) groups is 1. The van der Waals surface area contributed by atoms with E-state index >= 15 is 0 Å². The predicted octanol–water partition coefficient (Wildman–Crippen LogP) is 6.33. The van der Waals surface area contributed by atoms with E-state index in [-0.39, 0.29) is 40.7 Å². The third-order valence-electron chi connectivity index (χ3n) is 12.6. The topological polar surface area (TPSA) is 80.3 Å². The molecule has 1 spiro atoms. The van der Waals surface area contributed by atoms with Crippen molar-refractivity contribution in [1.29, 1.82) is 0 Å². The second-order valence-corrected chi connectivity index (χ2v) is 18.7. The summed E-state index contributed by atoms with van der Waals surface area (Å²) >= 11 is 6.49. The van der Waals surface area contributed by atoms with Crippen LogP contribution >= 0.6 is 11.6 Å². The van der Waals surface area contributed by atoms with Crippen molar-refractivity contribution in [2.24, 2.45) is 23.7 Å². The molecule has 1 saturated carbocycles. The largest absolute Gasteiger partial charge is 0.490 e. The quantitative estimate of drug-likeness (QED) is 0.365. The molecule has 10 heteroatoms. The molecular weight excluding hydrogens is 658 g/mol. The van der Waals surface area contributed by atoms with Gasteiger partial charge in [0.25, 0.3) is 5.91 Å². The average molecular weight is 712 g/mol. The fourth-order valence-corrected chi connectivity index (χ4v) is 10.8. The maximum atomic E-state index is 13.9. The molecule has 2 aromatic carbocycles. The number of benzene rings is 2. The van der Waals surface area contributed by atoms with E-state index in [1.165, 1.54) is 11.1 Å². The molecule has 1 unspecified atom stereocenters. The number of ether oxygens (including phenoxy) is 3. The maximum Gasteiger partial charge on any atom is 0.262 e. The first-order chi connectivity index (χ1) is 23.4. The Morgan fingerprint density at radius 1 is 1.02 bits per heavy atom. The van der Waals surface area contributed by atoms with E-state index in [1.807, 2.05) is 25.1 Å². The zero-order chi connectivity index (χ0) is 34.5. The molecular formula is C39H54ClN3O5S. The summed E-state index contributed by atoms with van der Waals surface area (Å²) in [7, 11) is 1.26. The van der Waals surface area contributed by atoms with Gasteiger partial charge in [0.1, 0.15) is 5.75 Å². The summed E-state index contributed by atoms with van der Waals surface area (Å²) in [6.45, 7) is 7.65. The first kappa shape index (κ1) is 35.1. The Morgan fingerprint density at radius 2 is 1.82 bits per heavy atom. The number of anilines is 1. The van der Waals surface area contributed by atoms with Gasteiger partial charge in [0.15, 0.2) is 6.29 Å². The van der Waals surface area contributed by atoms with Gasteiger partial charge in [-0.2, -0.15) is 0 Å². The number of likely N-dealkylation sites (N-methyl/N-ethyl adjacent to an activating group) is 1. The minimum absolute atomic E-state index is 0.128. The number of fused-ring (bicyclic) bond motifs is 4. The van der Waals surface area contributed by atoms with Crippen molar-refractivity contribution in [2.75, 3.05) is 51.9 Å². The SMILES string of the molecule is C=S1(=O)NC(=O)c2ccc3c(c2)N(C[C@@H]2CC[C@H]2[C@@H](C2OCC(N(C)C)CO2)CCC[C@H](C)[C@H]1C)C[C@@]1(CCCc2cc(Cl)ccc21)CO3. The second kappa shape index (κ2) is 14.0. The number of carbonyl (C=O) groups excluding carboxylic acids is 1. The molecule has 7 atom stereocenters. The van der Waals surface area contributed by atoms with Crippen LogP contribution in [0.2, 0.25) is 5.02 Å². The van der Waals surface area contributed by atoms with Gasteiger partial charge in [0.05, 0.1) is 41.3 Å². The molecule has 3 heterocycles. The van der Waals surface area contributed by atoms with Crippen LogP contribution in [-0.2, 0) is 31.0 Å².